The summed E-state index contributed by atoms with van der Waals surface area (Å²) in [7, 11) is 0. The van der Waals surface area contributed by atoms with Gasteiger partial charge in [0.25, 0.3) is 0 Å². The maximum absolute atomic E-state index is 11.3. The van der Waals surface area contributed by atoms with Crippen molar-refractivity contribution in [2.75, 3.05) is 0 Å². The average Bonchev–Trinajstić information content (AvgIpc) is 3.04. The SMILES string of the molecule is CC(c1ccccc1)n1nnc(C=O)c1/C=C/c1ccccc1. The fourth-order valence-corrected chi connectivity index (χ4v) is 2.46. The van der Waals surface area contributed by atoms with Crippen molar-refractivity contribution in [3.63, 3.8) is 0 Å². The van der Waals surface area contributed by atoms with Crippen molar-refractivity contribution in [2.24, 2.45) is 0 Å². The molecule has 0 bridgehead atoms. The average molecular weight is 303 g/mol. The van der Waals surface area contributed by atoms with E-state index in [4.69, 9.17) is 0 Å². The summed E-state index contributed by atoms with van der Waals surface area (Å²) >= 11 is 0. The van der Waals surface area contributed by atoms with Crippen LogP contribution in [0.2, 0.25) is 0 Å². The van der Waals surface area contributed by atoms with Crippen molar-refractivity contribution in [1.29, 1.82) is 0 Å². The molecule has 4 nitrogen and oxygen atoms in total. The number of rotatable bonds is 5. The zero-order chi connectivity index (χ0) is 16.1. The second-order valence-electron chi connectivity index (χ2n) is 5.25. The number of carbonyl (C=O) groups is 1. The summed E-state index contributed by atoms with van der Waals surface area (Å²) in [5.41, 5.74) is 3.23. The molecule has 0 saturated carbocycles. The van der Waals surface area contributed by atoms with Crippen LogP contribution in [0.4, 0.5) is 0 Å². The molecule has 3 aromatic rings. The molecule has 0 amide bonds. The van der Waals surface area contributed by atoms with E-state index in [0.29, 0.717) is 11.4 Å². The first-order valence-corrected chi connectivity index (χ1v) is 7.48. The number of benzene rings is 2. The lowest BCUT2D eigenvalue weighted by molar-refractivity contribution is 0.111. The molecule has 0 aliphatic carbocycles. The van der Waals surface area contributed by atoms with Crippen LogP contribution in [-0.2, 0) is 0 Å². The Morgan fingerprint density at radius 1 is 0.957 bits per heavy atom. The van der Waals surface area contributed by atoms with Gasteiger partial charge in [-0.1, -0.05) is 72.0 Å². The largest absolute Gasteiger partial charge is 0.296 e. The van der Waals surface area contributed by atoms with Gasteiger partial charge < -0.3 is 0 Å². The summed E-state index contributed by atoms with van der Waals surface area (Å²) in [6.45, 7) is 2.04. The molecule has 4 heteroatoms. The normalized spacial score (nSPS) is 12.4. The zero-order valence-corrected chi connectivity index (χ0v) is 12.8. The molecular formula is C19H17N3O. The van der Waals surface area contributed by atoms with Crippen LogP contribution in [0.5, 0.6) is 0 Å². The summed E-state index contributed by atoms with van der Waals surface area (Å²) in [6, 6.07) is 20.0. The number of carbonyl (C=O) groups excluding carboxylic acids is 1. The molecule has 0 N–H and O–H groups in total. The van der Waals surface area contributed by atoms with Crippen molar-refractivity contribution < 1.29 is 4.79 Å². The molecule has 2 aromatic carbocycles. The molecule has 0 aliphatic heterocycles. The van der Waals surface area contributed by atoms with E-state index in [1.165, 1.54) is 0 Å². The van der Waals surface area contributed by atoms with E-state index in [-0.39, 0.29) is 6.04 Å². The van der Waals surface area contributed by atoms with E-state index in [2.05, 4.69) is 10.3 Å². The number of hydrogen-bond donors (Lipinski definition) is 0. The molecule has 23 heavy (non-hydrogen) atoms. The minimum Gasteiger partial charge on any atom is -0.296 e. The lowest BCUT2D eigenvalue weighted by atomic mass is 10.1. The van der Waals surface area contributed by atoms with Crippen LogP contribution < -0.4 is 0 Å². The fourth-order valence-electron chi connectivity index (χ4n) is 2.46. The van der Waals surface area contributed by atoms with Crippen LogP contribution in [0.1, 0.15) is 40.3 Å². The summed E-state index contributed by atoms with van der Waals surface area (Å²) in [6.07, 6.45) is 4.59. The Hall–Kier alpha value is -3.01. The second kappa shape index (κ2) is 6.83. The van der Waals surface area contributed by atoms with Gasteiger partial charge in [-0.15, -0.1) is 5.10 Å². The van der Waals surface area contributed by atoms with Gasteiger partial charge in [-0.2, -0.15) is 0 Å². The Kier molecular flexibility index (Phi) is 4.43. The minimum absolute atomic E-state index is 0.00665. The molecule has 1 heterocycles. The quantitative estimate of drug-likeness (QED) is 0.672. The van der Waals surface area contributed by atoms with Crippen LogP contribution in [0, 0.1) is 0 Å². The minimum atomic E-state index is -0.00665. The molecule has 0 saturated heterocycles. The highest BCUT2D eigenvalue weighted by Gasteiger charge is 2.16. The van der Waals surface area contributed by atoms with Gasteiger partial charge >= 0.3 is 0 Å². The van der Waals surface area contributed by atoms with Gasteiger partial charge in [-0.3, -0.25) is 4.79 Å². The molecule has 1 aromatic heterocycles. The summed E-state index contributed by atoms with van der Waals surface area (Å²) in [5, 5.41) is 8.15. The van der Waals surface area contributed by atoms with Gasteiger partial charge in [0.05, 0.1) is 11.7 Å². The predicted molar refractivity (Wildman–Crippen MR) is 91.0 cm³/mol. The van der Waals surface area contributed by atoms with Gasteiger partial charge in [0, 0.05) is 0 Å². The van der Waals surface area contributed by atoms with Gasteiger partial charge in [-0.25, -0.2) is 4.68 Å². The maximum Gasteiger partial charge on any atom is 0.172 e. The Labute approximate surface area is 135 Å². The van der Waals surface area contributed by atoms with Crippen molar-refractivity contribution in [3.8, 4) is 0 Å². The van der Waals surface area contributed by atoms with Crippen molar-refractivity contribution >= 4 is 18.4 Å². The number of aromatic nitrogens is 3. The van der Waals surface area contributed by atoms with Crippen LogP contribution in [0.3, 0.4) is 0 Å². The van der Waals surface area contributed by atoms with E-state index in [0.717, 1.165) is 17.4 Å². The van der Waals surface area contributed by atoms with E-state index in [1.54, 1.807) is 4.68 Å². The van der Waals surface area contributed by atoms with Gasteiger partial charge in [0.1, 0.15) is 0 Å². The smallest absolute Gasteiger partial charge is 0.172 e. The molecule has 0 radical (unpaired) electrons. The second-order valence-corrected chi connectivity index (χ2v) is 5.25. The molecule has 3 rings (SSSR count). The molecular weight excluding hydrogens is 286 g/mol. The molecule has 1 atom stereocenters. The van der Waals surface area contributed by atoms with E-state index in [9.17, 15) is 4.79 Å². The summed E-state index contributed by atoms with van der Waals surface area (Å²) < 4.78 is 1.78. The molecule has 114 valence electrons. The number of aldehydes is 1. The number of nitrogens with zero attached hydrogens (tertiary/aromatic N) is 3. The topological polar surface area (TPSA) is 47.8 Å². The lowest BCUT2D eigenvalue weighted by Crippen LogP contribution is -2.10. The van der Waals surface area contributed by atoms with Crippen LogP contribution in [-0.4, -0.2) is 21.3 Å². The van der Waals surface area contributed by atoms with Crippen LogP contribution in [0.25, 0.3) is 12.2 Å². The van der Waals surface area contributed by atoms with E-state index >= 15 is 0 Å². The van der Waals surface area contributed by atoms with Gasteiger partial charge in [0.15, 0.2) is 12.0 Å². The summed E-state index contributed by atoms with van der Waals surface area (Å²) in [4.78, 5) is 11.3. The van der Waals surface area contributed by atoms with Gasteiger partial charge in [0.2, 0.25) is 0 Å². The highest BCUT2D eigenvalue weighted by Crippen LogP contribution is 2.21. The zero-order valence-electron chi connectivity index (χ0n) is 12.8. The van der Waals surface area contributed by atoms with Gasteiger partial charge in [-0.05, 0) is 24.1 Å². The highest BCUT2D eigenvalue weighted by molar-refractivity contribution is 5.81. The Morgan fingerprint density at radius 3 is 2.26 bits per heavy atom. The molecule has 0 aliphatic rings. The fraction of sp³-hybridized carbons (Fsp3) is 0.105. The molecule has 0 spiro atoms. The lowest BCUT2D eigenvalue weighted by Gasteiger charge is -2.13. The van der Waals surface area contributed by atoms with Crippen molar-refractivity contribution in [2.45, 2.75) is 13.0 Å². The Balaban J connectivity index is 1.98. The monoisotopic (exact) mass is 303 g/mol. The maximum atomic E-state index is 11.3. The van der Waals surface area contributed by atoms with Crippen LogP contribution >= 0.6 is 0 Å². The standard InChI is InChI=1S/C19H17N3O/c1-15(17-10-6-3-7-11-17)22-19(18(14-23)20-21-22)13-12-16-8-4-2-5-9-16/h2-15H,1H3/b13-12+. The third-order valence-electron chi connectivity index (χ3n) is 3.75. The van der Waals surface area contributed by atoms with Crippen molar-refractivity contribution in [3.05, 3.63) is 83.2 Å². The number of hydrogen-bond acceptors (Lipinski definition) is 3. The third-order valence-corrected chi connectivity index (χ3v) is 3.75. The summed E-state index contributed by atoms with van der Waals surface area (Å²) in [5.74, 6) is 0. The first-order valence-electron chi connectivity index (χ1n) is 7.48. The first-order chi connectivity index (χ1) is 11.3. The highest BCUT2D eigenvalue weighted by atomic mass is 16.1. The molecule has 0 fully saturated rings. The van der Waals surface area contributed by atoms with Crippen LogP contribution in [0.15, 0.2) is 60.7 Å². The third kappa shape index (κ3) is 3.26. The molecule has 1 unspecified atom stereocenters. The predicted octanol–water partition coefficient (Wildman–Crippen LogP) is 3.87. The van der Waals surface area contributed by atoms with Crippen molar-refractivity contribution in [1.82, 2.24) is 15.0 Å². The Bertz CT molecular complexity index is 807. The Morgan fingerprint density at radius 2 is 1.61 bits per heavy atom. The van der Waals surface area contributed by atoms with E-state index in [1.807, 2.05) is 79.7 Å². The first kappa shape index (κ1) is 14.9. The van der Waals surface area contributed by atoms with E-state index < -0.39 is 0 Å².